The third kappa shape index (κ3) is 5.34. The summed E-state index contributed by atoms with van der Waals surface area (Å²) in [6.07, 6.45) is 3.17. The normalized spacial score (nSPS) is 16.3. The molecule has 0 spiro atoms. The average molecular weight is 305 g/mol. The van der Waals surface area contributed by atoms with E-state index in [0.29, 0.717) is 12.7 Å². The quantitative estimate of drug-likeness (QED) is 0.850. The molecule has 1 aromatic rings. The Morgan fingerprint density at radius 2 is 1.82 bits per heavy atom. The lowest BCUT2D eigenvalue weighted by atomic mass is 9.97. The first-order valence-electron chi connectivity index (χ1n) is 8.09. The van der Waals surface area contributed by atoms with Crippen LogP contribution in [0.15, 0.2) is 24.3 Å². The monoisotopic (exact) mass is 305 g/mol. The maximum atomic E-state index is 11.7. The summed E-state index contributed by atoms with van der Waals surface area (Å²) >= 11 is 0. The van der Waals surface area contributed by atoms with E-state index in [1.54, 1.807) is 0 Å². The molecule has 1 saturated heterocycles. The molecule has 0 bridgehead atoms. The van der Waals surface area contributed by atoms with Gasteiger partial charge in [-0.1, -0.05) is 12.1 Å². The van der Waals surface area contributed by atoms with E-state index in [0.717, 1.165) is 43.7 Å². The summed E-state index contributed by atoms with van der Waals surface area (Å²) < 4.78 is 11.3. The minimum atomic E-state index is -0.438. The Morgan fingerprint density at radius 1 is 1.18 bits per heavy atom. The van der Waals surface area contributed by atoms with Gasteiger partial charge in [-0.25, -0.2) is 0 Å². The number of esters is 1. The van der Waals surface area contributed by atoms with Crippen LogP contribution in [0.25, 0.3) is 0 Å². The number of nitrogens with one attached hydrogen (secondary N) is 1. The number of benzene rings is 1. The molecule has 0 aliphatic carbocycles. The Morgan fingerprint density at radius 3 is 2.41 bits per heavy atom. The highest BCUT2D eigenvalue weighted by Gasteiger charge is 2.22. The molecule has 0 atom stereocenters. The van der Waals surface area contributed by atoms with Crippen molar-refractivity contribution >= 4 is 5.97 Å². The first kappa shape index (κ1) is 16.8. The lowest BCUT2D eigenvalue weighted by Crippen LogP contribution is -2.34. The number of ether oxygens (including phenoxy) is 2. The molecule has 1 N–H and O–H groups in total. The lowest BCUT2D eigenvalue weighted by Gasteiger charge is -2.23. The van der Waals surface area contributed by atoms with E-state index in [1.165, 1.54) is 0 Å². The number of piperidine rings is 1. The summed E-state index contributed by atoms with van der Waals surface area (Å²) in [6, 6.07) is 8.09. The number of carbonyl (C=O) groups excluding carboxylic acids is 1. The number of hydrogen-bond donors (Lipinski definition) is 1. The molecule has 1 fully saturated rings. The van der Waals surface area contributed by atoms with Crippen LogP contribution in [0.5, 0.6) is 5.75 Å². The minimum Gasteiger partial charge on any atom is -0.490 e. The fraction of sp³-hybridized carbons (Fsp3) is 0.611. The molecule has 0 amide bonds. The van der Waals surface area contributed by atoms with Crippen LogP contribution < -0.4 is 10.1 Å². The van der Waals surface area contributed by atoms with Gasteiger partial charge in [0.2, 0.25) is 0 Å². The molecule has 4 heteroatoms. The molecular formula is C18H27NO3. The zero-order chi connectivity index (χ0) is 16.0. The third-order valence-electron chi connectivity index (χ3n) is 3.75. The minimum absolute atomic E-state index is 0.154. The summed E-state index contributed by atoms with van der Waals surface area (Å²) in [4.78, 5) is 11.7. The van der Waals surface area contributed by atoms with Crippen LogP contribution in [0.1, 0.15) is 39.2 Å². The molecule has 122 valence electrons. The van der Waals surface area contributed by atoms with E-state index in [2.05, 4.69) is 5.32 Å². The maximum absolute atomic E-state index is 11.7. The highest BCUT2D eigenvalue weighted by atomic mass is 16.5. The second-order valence-corrected chi connectivity index (χ2v) is 6.85. The molecular weight excluding hydrogens is 278 g/mol. The summed E-state index contributed by atoms with van der Waals surface area (Å²) in [5.74, 6) is 0.765. The van der Waals surface area contributed by atoms with E-state index < -0.39 is 5.41 Å². The fourth-order valence-corrected chi connectivity index (χ4v) is 2.32. The SMILES string of the molecule is CC(C)(C)C(=O)OCCc1ccc(OC2CCNCC2)cc1. The van der Waals surface area contributed by atoms with Crippen molar-refractivity contribution in [1.29, 1.82) is 0 Å². The van der Waals surface area contributed by atoms with Crippen LogP contribution in [-0.4, -0.2) is 31.8 Å². The van der Waals surface area contributed by atoms with Gasteiger partial charge < -0.3 is 14.8 Å². The Balaban J connectivity index is 1.75. The predicted octanol–water partition coefficient (Wildman–Crippen LogP) is 2.95. The standard InChI is InChI=1S/C18H27NO3/c1-18(2,3)17(20)21-13-10-14-4-6-15(7-5-14)22-16-8-11-19-12-9-16/h4-7,16,19H,8-13H2,1-3H3. The van der Waals surface area contributed by atoms with Crippen molar-refractivity contribution < 1.29 is 14.3 Å². The van der Waals surface area contributed by atoms with Gasteiger partial charge in [0, 0.05) is 6.42 Å². The summed E-state index contributed by atoms with van der Waals surface area (Å²) in [7, 11) is 0. The maximum Gasteiger partial charge on any atom is 0.311 e. The molecule has 1 heterocycles. The van der Waals surface area contributed by atoms with Gasteiger partial charge in [-0.3, -0.25) is 4.79 Å². The van der Waals surface area contributed by atoms with Crippen molar-refractivity contribution in [2.24, 2.45) is 5.41 Å². The number of carbonyl (C=O) groups is 1. The van der Waals surface area contributed by atoms with Crippen LogP contribution in [-0.2, 0) is 16.0 Å². The summed E-state index contributed by atoms with van der Waals surface area (Å²) in [5.41, 5.74) is 0.714. The second-order valence-electron chi connectivity index (χ2n) is 6.85. The number of rotatable bonds is 5. The zero-order valence-electron chi connectivity index (χ0n) is 13.9. The fourth-order valence-electron chi connectivity index (χ4n) is 2.32. The highest BCUT2D eigenvalue weighted by Crippen LogP contribution is 2.18. The van der Waals surface area contributed by atoms with Crippen LogP contribution in [0.3, 0.4) is 0 Å². The van der Waals surface area contributed by atoms with Crippen molar-refractivity contribution in [3.05, 3.63) is 29.8 Å². The van der Waals surface area contributed by atoms with Crippen molar-refractivity contribution in [3.8, 4) is 5.75 Å². The van der Waals surface area contributed by atoms with Gasteiger partial charge in [0.25, 0.3) is 0 Å². The smallest absolute Gasteiger partial charge is 0.311 e. The van der Waals surface area contributed by atoms with Crippen molar-refractivity contribution in [1.82, 2.24) is 5.32 Å². The van der Waals surface area contributed by atoms with Gasteiger partial charge in [-0.2, -0.15) is 0 Å². The molecule has 0 saturated carbocycles. The first-order valence-corrected chi connectivity index (χ1v) is 8.09. The van der Waals surface area contributed by atoms with Crippen LogP contribution in [0, 0.1) is 5.41 Å². The largest absolute Gasteiger partial charge is 0.490 e. The van der Waals surface area contributed by atoms with Gasteiger partial charge in [-0.15, -0.1) is 0 Å². The summed E-state index contributed by atoms with van der Waals surface area (Å²) in [5, 5.41) is 3.33. The van der Waals surface area contributed by atoms with Crippen LogP contribution in [0.2, 0.25) is 0 Å². The molecule has 22 heavy (non-hydrogen) atoms. The van der Waals surface area contributed by atoms with E-state index in [9.17, 15) is 4.79 Å². The highest BCUT2D eigenvalue weighted by molar-refractivity contribution is 5.75. The molecule has 0 aromatic heterocycles. The van der Waals surface area contributed by atoms with E-state index in [4.69, 9.17) is 9.47 Å². The first-order chi connectivity index (χ1) is 10.4. The molecule has 1 aliphatic heterocycles. The van der Waals surface area contributed by atoms with E-state index >= 15 is 0 Å². The Kier molecular flexibility index (Phi) is 5.83. The molecule has 0 radical (unpaired) electrons. The Labute approximate surface area is 133 Å². The van der Waals surface area contributed by atoms with Crippen LogP contribution in [0.4, 0.5) is 0 Å². The molecule has 2 rings (SSSR count). The predicted molar refractivity (Wildman–Crippen MR) is 87.1 cm³/mol. The second kappa shape index (κ2) is 7.63. The topological polar surface area (TPSA) is 47.6 Å². The third-order valence-corrected chi connectivity index (χ3v) is 3.75. The van der Waals surface area contributed by atoms with Gasteiger partial charge in [0.05, 0.1) is 12.0 Å². The van der Waals surface area contributed by atoms with Gasteiger partial charge in [0.15, 0.2) is 0 Å². The van der Waals surface area contributed by atoms with Crippen molar-refractivity contribution in [3.63, 3.8) is 0 Å². The van der Waals surface area contributed by atoms with Gasteiger partial charge in [0.1, 0.15) is 11.9 Å². The Hall–Kier alpha value is -1.55. The lowest BCUT2D eigenvalue weighted by molar-refractivity contribution is -0.152. The molecule has 4 nitrogen and oxygen atoms in total. The summed E-state index contributed by atoms with van der Waals surface area (Å²) in [6.45, 7) is 8.07. The van der Waals surface area contributed by atoms with E-state index in [1.807, 2.05) is 45.0 Å². The van der Waals surface area contributed by atoms with Crippen LogP contribution >= 0.6 is 0 Å². The van der Waals surface area contributed by atoms with E-state index in [-0.39, 0.29) is 5.97 Å². The van der Waals surface area contributed by atoms with Gasteiger partial charge in [-0.05, 0) is 64.4 Å². The Bertz CT molecular complexity index is 470. The zero-order valence-corrected chi connectivity index (χ0v) is 13.9. The molecule has 1 aliphatic rings. The molecule has 1 aromatic carbocycles. The number of hydrogen-bond acceptors (Lipinski definition) is 4. The van der Waals surface area contributed by atoms with Gasteiger partial charge >= 0.3 is 5.97 Å². The van der Waals surface area contributed by atoms with Crippen molar-refractivity contribution in [2.75, 3.05) is 19.7 Å². The van der Waals surface area contributed by atoms with Crippen molar-refractivity contribution in [2.45, 2.75) is 46.1 Å². The molecule has 0 unspecified atom stereocenters. The average Bonchev–Trinajstić information content (AvgIpc) is 2.49.